The Bertz CT molecular complexity index is 1090. The number of benzene rings is 2. The predicted octanol–water partition coefficient (Wildman–Crippen LogP) is 5.83. The highest BCUT2D eigenvalue weighted by Crippen LogP contribution is 2.35. The number of nitrogens with two attached hydrogens (primary N) is 1. The number of aryl methyl sites for hydroxylation is 2. The first-order chi connectivity index (χ1) is 15.4. The molecular formula is C26H31ClN4S. The highest BCUT2D eigenvalue weighted by molar-refractivity contribution is 7.16. The summed E-state index contributed by atoms with van der Waals surface area (Å²) in [6.45, 7) is 6.57. The Morgan fingerprint density at radius 2 is 1.78 bits per heavy atom. The number of hydrazine groups is 1. The molecule has 2 unspecified atom stereocenters. The van der Waals surface area contributed by atoms with Gasteiger partial charge in [0.1, 0.15) is 6.17 Å². The first kappa shape index (κ1) is 23.0. The molecule has 6 heteroatoms. The van der Waals surface area contributed by atoms with Gasteiger partial charge in [0, 0.05) is 21.0 Å². The highest BCUT2D eigenvalue weighted by atomic mass is 35.5. The molecule has 2 aromatic carbocycles. The fraction of sp³-hybridized carbons (Fsp3) is 0.346. The van der Waals surface area contributed by atoms with E-state index in [9.17, 15) is 0 Å². The molecule has 2 heterocycles. The topological polar surface area (TPSA) is 62.4 Å². The van der Waals surface area contributed by atoms with E-state index in [1.54, 1.807) is 11.3 Å². The molecule has 0 saturated carbocycles. The first-order valence-electron chi connectivity index (χ1n) is 11.2. The van der Waals surface area contributed by atoms with Crippen LogP contribution in [-0.4, -0.2) is 17.9 Å². The number of aliphatic imine (C=N–C) groups is 1. The number of nitrogens with one attached hydrogen (secondary N) is 2. The summed E-state index contributed by atoms with van der Waals surface area (Å²) in [7, 11) is 0. The van der Waals surface area contributed by atoms with Crippen LogP contribution in [0.1, 0.15) is 47.9 Å². The zero-order chi connectivity index (χ0) is 22.7. The monoisotopic (exact) mass is 466 g/mol. The molecule has 1 aromatic heterocycles. The number of hydrogen-bond acceptors (Lipinski definition) is 5. The van der Waals surface area contributed by atoms with Crippen LogP contribution in [0.2, 0.25) is 5.02 Å². The van der Waals surface area contributed by atoms with E-state index in [1.165, 1.54) is 16.0 Å². The molecular weight excluding hydrogens is 436 g/mol. The number of hydrogen-bond donors (Lipinski definition) is 3. The lowest BCUT2D eigenvalue weighted by molar-refractivity contribution is 0.508. The van der Waals surface area contributed by atoms with E-state index in [-0.39, 0.29) is 12.2 Å². The van der Waals surface area contributed by atoms with Gasteiger partial charge in [-0.05, 0) is 55.4 Å². The second-order valence-electron chi connectivity index (χ2n) is 8.86. The minimum atomic E-state index is -0.145. The lowest BCUT2D eigenvalue weighted by Crippen LogP contribution is -2.47. The fourth-order valence-corrected chi connectivity index (χ4v) is 5.41. The summed E-state index contributed by atoms with van der Waals surface area (Å²) in [5.74, 6) is 6.49. The van der Waals surface area contributed by atoms with E-state index in [4.69, 9.17) is 22.4 Å². The van der Waals surface area contributed by atoms with Gasteiger partial charge in [0.05, 0.1) is 16.8 Å². The molecule has 32 heavy (non-hydrogen) atoms. The maximum atomic E-state index is 6.55. The first-order valence-corrected chi connectivity index (χ1v) is 12.4. The van der Waals surface area contributed by atoms with E-state index < -0.39 is 0 Å². The highest BCUT2D eigenvalue weighted by Gasteiger charge is 2.26. The Kier molecular flexibility index (Phi) is 7.31. The number of nitrogens with zero attached hydrogens (tertiary/aromatic N) is 1. The van der Waals surface area contributed by atoms with Gasteiger partial charge in [-0.2, -0.15) is 0 Å². The maximum Gasteiger partial charge on any atom is 0.112 e. The van der Waals surface area contributed by atoms with E-state index in [0.717, 1.165) is 41.1 Å². The van der Waals surface area contributed by atoms with E-state index >= 15 is 0 Å². The standard InChI is InChI=1S/C26H31ClN4S/c1-16(2)14-19-10-8-18(9-11-19)12-13-20-15-22-24(21-6-4-5-7-23(21)27)29-17(3)25(31-28)30-26(22)32-20/h4-11,15-17,25,30-31H,12-14,28H2,1-3H3. The van der Waals surface area contributed by atoms with Crippen molar-refractivity contribution in [2.24, 2.45) is 16.8 Å². The van der Waals surface area contributed by atoms with Crippen molar-refractivity contribution in [2.75, 3.05) is 5.32 Å². The molecule has 2 atom stereocenters. The van der Waals surface area contributed by atoms with Gasteiger partial charge in [-0.25, -0.2) is 5.43 Å². The zero-order valence-electron chi connectivity index (χ0n) is 18.9. The SMILES string of the molecule is CC(C)Cc1ccc(CCc2cc3c(s2)NC(NN)C(C)N=C3c2ccccc2Cl)cc1. The van der Waals surface area contributed by atoms with Crippen LogP contribution in [-0.2, 0) is 19.3 Å². The summed E-state index contributed by atoms with van der Waals surface area (Å²) in [5, 5.41) is 5.34. The molecule has 0 saturated heterocycles. The van der Waals surface area contributed by atoms with E-state index in [0.29, 0.717) is 10.9 Å². The molecule has 0 fully saturated rings. The summed E-state index contributed by atoms with van der Waals surface area (Å²) in [4.78, 5) is 6.32. The van der Waals surface area contributed by atoms with Gasteiger partial charge >= 0.3 is 0 Å². The Labute approximate surface area is 199 Å². The molecule has 0 spiro atoms. The van der Waals surface area contributed by atoms with Crippen LogP contribution in [0.3, 0.4) is 0 Å². The minimum Gasteiger partial charge on any atom is -0.358 e. The van der Waals surface area contributed by atoms with Crippen LogP contribution < -0.4 is 16.6 Å². The third-order valence-electron chi connectivity index (χ3n) is 5.78. The van der Waals surface area contributed by atoms with Crippen LogP contribution in [0.4, 0.5) is 5.00 Å². The van der Waals surface area contributed by atoms with Crippen molar-refractivity contribution in [3.63, 3.8) is 0 Å². The van der Waals surface area contributed by atoms with Crippen LogP contribution in [0.5, 0.6) is 0 Å². The van der Waals surface area contributed by atoms with Crippen molar-refractivity contribution in [3.05, 3.63) is 86.8 Å². The van der Waals surface area contributed by atoms with Crippen molar-refractivity contribution in [2.45, 2.75) is 52.2 Å². The molecule has 0 aliphatic carbocycles. The summed E-state index contributed by atoms with van der Waals surface area (Å²) < 4.78 is 0. The quantitative estimate of drug-likeness (QED) is 0.303. The molecule has 4 rings (SSSR count). The normalized spacial score (nSPS) is 18.1. The Morgan fingerprint density at radius 1 is 1.06 bits per heavy atom. The number of anilines is 1. The average Bonchev–Trinajstić information content (AvgIpc) is 3.12. The second-order valence-corrected chi connectivity index (χ2v) is 10.4. The maximum absolute atomic E-state index is 6.55. The lowest BCUT2D eigenvalue weighted by Gasteiger charge is -2.20. The minimum absolute atomic E-state index is 0.0429. The van der Waals surface area contributed by atoms with Gasteiger partial charge in [0.25, 0.3) is 0 Å². The third-order valence-corrected chi connectivity index (χ3v) is 7.23. The van der Waals surface area contributed by atoms with E-state index in [2.05, 4.69) is 61.8 Å². The summed E-state index contributed by atoms with van der Waals surface area (Å²) in [6.07, 6.45) is 2.97. The number of fused-ring (bicyclic) bond motifs is 1. The molecule has 1 aliphatic heterocycles. The van der Waals surface area contributed by atoms with Crippen molar-refractivity contribution < 1.29 is 0 Å². The summed E-state index contributed by atoms with van der Waals surface area (Å²) >= 11 is 8.32. The van der Waals surface area contributed by atoms with Gasteiger partial charge in [0.2, 0.25) is 0 Å². The van der Waals surface area contributed by atoms with Gasteiger partial charge < -0.3 is 5.32 Å². The van der Waals surface area contributed by atoms with Crippen LogP contribution in [0.15, 0.2) is 59.6 Å². The Balaban J connectivity index is 1.59. The molecule has 0 radical (unpaired) electrons. The molecule has 168 valence electrons. The predicted molar refractivity (Wildman–Crippen MR) is 138 cm³/mol. The second kappa shape index (κ2) is 10.2. The fourth-order valence-electron chi connectivity index (χ4n) is 4.09. The van der Waals surface area contributed by atoms with Crippen molar-refractivity contribution >= 4 is 33.7 Å². The number of rotatable bonds is 7. The zero-order valence-corrected chi connectivity index (χ0v) is 20.4. The summed E-state index contributed by atoms with van der Waals surface area (Å²) in [5.41, 5.74) is 8.60. The van der Waals surface area contributed by atoms with Crippen molar-refractivity contribution in [3.8, 4) is 0 Å². The van der Waals surface area contributed by atoms with Crippen LogP contribution >= 0.6 is 22.9 Å². The summed E-state index contributed by atoms with van der Waals surface area (Å²) in [6, 6.07) is 19.2. The smallest absolute Gasteiger partial charge is 0.112 e. The van der Waals surface area contributed by atoms with Gasteiger partial charge in [-0.1, -0.05) is 67.9 Å². The van der Waals surface area contributed by atoms with Crippen LogP contribution in [0.25, 0.3) is 0 Å². The molecule has 4 N–H and O–H groups in total. The molecule has 1 aliphatic rings. The molecule has 0 bridgehead atoms. The Morgan fingerprint density at radius 3 is 2.47 bits per heavy atom. The lowest BCUT2D eigenvalue weighted by atomic mass is 10.00. The van der Waals surface area contributed by atoms with Crippen molar-refractivity contribution in [1.82, 2.24) is 5.43 Å². The average molecular weight is 467 g/mol. The van der Waals surface area contributed by atoms with Gasteiger partial charge in [0.15, 0.2) is 0 Å². The number of halogens is 1. The third kappa shape index (κ3) is 5.24. The van der Waals surface area contributed by atoms with Gasteiger partial charge in [-0.3, -0.25) is 10.8 Å². The molecule has 0 amide bonds. The molecule has 4 nitrogen and oxygen atoms in total. The van der Waals surface area contributed by atoms with Gasteiger partial charge in [-0.15, -0.1) is 11.3 Å². The van der Waals surface area contributed by atoms with E-state index in [1.807, 2.05) is 24.3 Å². The van der Waals surface area contributed by atoms with Crippen LogP contribution in [0, 0.1) is 5.92 Å². The Hall–Kier alpha value is -2.18. The van der Waals surface area contributed by atoms with Crippen molar-refractivity contribution in [1.29, 1.82) is 0 Å². The number of thiophene rings is 1. The largest absolute Gasteiger partial charge is 0.358 e. The molecule has 3 aromatic rings.